The molecule has 2 nitrogen and oxygen atoms in total. The van der Waals surface area contributed by atoms with Crippen LogP contribution in [0.2, 0.25) is 0 Å². The zero-order chi connectivity index (χ0) is 13.2. The van der Waals surface area contributed by atoms with Crippen LogP contribution in [0.15, 0.2) is 54.7 Å². The van der Waals surface area contributed by atoms with Crippen molar-refractivity contribution in [2.45, 2.75) is 6.54 Å². The van der Waals surface area contributed by atoms with Gasteiger partial charge in [0, 0.05) is 18.3 Å². The average Bonchev–Trinajstić information content (AvgIpc) is 2.81. The topological polar surface area (TPSA) is 28.7 Å². The Labute approximate surface area is 110 Å². The molecule has 3 rings (SSSR count). The van der Waals surface area contributed by atoms with Gasteiger partial charge in [-0.3, -0.25) is 0 Å². The summed E-state index contributed by atoms with van der Waals surface area (Å²) in [4.78, 5) is 0. The van der Waals surface area contributed by atoms with Gasteiger partial charge in [0.25, 0.3) is 0 Å². The first-order chi connectivity index (χ1) is 9.26. The van der Waals surface area contributed by atoms with Crippen LogP contribution < -0.4 is 0 Å². The number of hydrogen-bond acceptors (Lipinski definition) is 1. The predicted octanol–water partition coefficient (Wildman–Crippen LogP) is 3.70. The molecule has 0 saturated carbocycles. The first-order valence-corrected chi connectivity index (χ1v) is 6.00. The Hall–Kier alpha value is -2.60. The summed E-state index contributed by atoms with van der Waals surface area (Å²) in [5.41, 5.74) is 2.52. The van der Waals surface area contributed by atoms with E-state index in [9.17, 15) is 4.39 Å². The van der Waals surface area contributed by atoms with Crippen molar-refractivity contribution < 1.29 is 4.39 Å². The fourth-order valence-corrected chi connectivity index (χ4v) is 2.22. The van der Waals surface area contributed by atoms with Crippen LogP contribution in [-0.2, 0) is 6.54 Å². The molecule has 0 bridgehead atoms. The first-order valence-electron chi connectivity index (χ1n) is 6.00. The third-order valence-electron chi connectivity index (χ3n) is 3.14. The van der Waals surface area contributed by atoms with E-state index in [0.29, 0.717) is 12.1 Å². The summed E-state index contributed by atoms with van der Waals surface area (Å²) >= 11 is 0. The zero-order valence-corrected chi connectivity index (χ0v) is 10.2. The van der Waals surface area contributed by atoms with Gasteiger partial charge in [0.05, 0.1) is 11.6 Å². The van der Waals surface area contributed by atoms with Crippen LogP contribution in [0.5, 0.6) is 0 Å². The van der Waals surface area contributed by atoms with E-state index < -0.39 is 0 Å². The van der Waals surface area contributed by atoms with Gasteiger partial charge in [-0.2, -0.15) is 5.26 Å². The molecule has 0 aliphatic heterocycles. The third-order valence-corrected chi connectivity index (χ3v) is 3.14. The van der Waals surface area contributed by atoms with Gasteiger partial charge in [0.1, 0.15) is 5.82 Å². The van der Waals surface area contributed by atoms with Gasteiger partial charge < -0.3 is 4.57 Å². The molecule has 0 N–H and O–H groups in total. The number of aromatic nitrogens is 1. The third kappa shape index (κ3) is 2.21. The van der Waals surface area contributed by atoms with E-state index in [-0.39, 0.29) is 5.82 Å². The van der Waals surface area contributed by atoms with Crippen LogP contribution in [0.25, 0.3) is 10.9 Å². The van der Waals surface area contributed by atoms with Gasteiger partial charge in [0.15, 0.2) is 0 Å². The highest BCUT2D eigenvalue weighted by Crippen LogP contribution is 2.19. The Morgan fingerprint density at radius 3 is 2.79 bits per heavy atom. The van der Waals surface area contributed by atoms with Gasteiger partial charge in [0.2, 0.25) is 0 Å². The van der Waals surface area contributed by atoms with Crippen molar-refractivity contribution in [1.29, 1.82) is 5.26 Å². The van der Waals surface area contributed by atoms with Gasteiger partial charge in [-0.15, -0.1) is 0 Å². The molecule has 0 atom stereocenters. The Bertz CT molecular complexity index is 781. The molecule has 3 aromatic rings. The van der Waals surface area contributed by atoms with Crippen LogP contribution in [0.3, 0.4) is 0 Å². The molecule has 0 spiro atoms. The largest absolute Gasteiger partial charge is 0.343 e. The lowest BCUT2D eigenvalue weighted by atomic mass is 10.2. The molecule has 0 radical (unpaired) electrons. The van der Waals surface area contributed by atoms with E-state index in [0.717, 1.165) is 16.5 Å². The minimum Gasteiger partial charge on any atom is -0.343 e. The molecular weight excluding hydrogens is 239 g/mol. The van der Waals surface area contributed by atoms with Crippen molar-refractivity contribution in [3.8, 4) is 6.07 Å². The molecule has 0 amide bonds. The minimum absolute atomic E-state index is 0.230. The zero-order valence-electron chi connectivity index (χ0n) is 10.2. The maximum absolute atomic E-state index is 13.2. The number of nitriles is 1. The first kappa shape index (κ1) is 11.5. The second-order valence-corrected chi connectivity index (χ2v) is 4.46. The summed E-state index contributed by atoms with van der Waals surface area (Å²) in [7, 11) is 0. The van der Waals surface area contributed by atoms with E-state index in [2.05, 4.69) is 6.07 Å². The molecule has 1 aromatic heterocycles. The lowest BCUT2D eigenvalue weighted by molar-refractivity contribution is 0.624. The number of hydrogen-bond donors (Lipinski definition) is 0. The standard InChI is InChI=1S/C16H11FN2/c17-15-3-1-2-13(8-15)11-19-7-6-14-5-4-12(10-18)9-16(14)19/h1-9H,11H2. The summed E-state index contributed by atoms with van der Waals surface area (Å²) in [6, 6.07) is 16.3. The number of benzene rings is 2. The molecule has 3 heteroatoms. The summed E-state index contributed by atoms with van der Waals surface area (Å²) in [6.45, 7) is 0.593. The van der Waals surface area contributed by atoms with Crippen molar-refractivity contribution in [2.75, 3.05) is 0 Å². The Morgan fingerprint density at radius 2 is 2.00 bits per heavy atom. The highest BCUT2D eigenvalue weighted by atomic mass is 19.1. The highest BCUT2D eigenvalue weighted by Gasteiger charge is 2.03. The maximum atomic E-state index is 13.2. The second-order valence-electron chi connectivity index (χ2n) is 4.46. The molecule has 0 unspecified atom stereocenters. The van der Waals surface area contributed by atoms with E-state index in [1.54, 1.807) is 12.1 Å². The van der Waals surface area contributed by atoms with Crippen LogP contribution in [0.4, 0.5) is 4.39 Å². The van der Waals surface area contributed by atoms with Crippen molar-refractivity contribution in [3.63, 3.8) is 0 Å². The SMILES string of the molecule is N#Cc1ccc2ccn(Cc3cccc(F)c3)c2c1. The number of rotatable bonds is 2. The van der Waals surface area contributed by atoms with Crippen molar-refractivity contribution in [3.05, 3.63) is 71.7 Å². The maximum Gasteiger partial charge on any atom is 0.123 e. The van der Waals surface area contributed by atoms with E-state index >= 15 is 0 Å². The Kier molecular flexibility index (Phi) is 2.77. The molecule has 1 heterocycles. The predicted molar refractivity (Wildman–Crippen MR) is 72.2 cm³/mol. The molecule has 19 heavy (non-hydrogen) atoms. The second kappa shape index (κ2) is 4.58. The molecular formula is C16H11FN2. The molecule has 0 saturated heterocycles. The smallest absolute Gasteiger partial charge is 0.123 e. The lowest BCUT2D eigenvalue weighted by Gasteiger charge is -2.06. The normalized spacial score (nSPS) is 10.5. The van der Waals surface area contributed by atoms with Gasteiger partial charge in [-0.1, -0.05) is 18.2 Å². The fraction of sp³-hybridized carbons (Fsp3) is 0.0625. The van der Waals surface area contributed by atoms with Crippen molar-refractivity contribution in [2.24, 2.45) is 0 Å². The average molecular weight is 250 g/mol. The van der Waals surface area contributed by atoms with E-state index in [1.165, 1.54) is 12.1 Å². The Morgan fingerprint density at radius 1 is 1.11 bits per heavy atom. The van der Waals surface area contributed by atoms with E-state index in [4.69, 9.17) is 5.26 Å². The van der Waals surface area contributed by atoms with Crippen molar-refractivity contribution in [1.82, 2.24) is 4.57 Å². The van der Waals surface area contributed by atoms with Crippen LogP contribution in [-0.4, -0.2) is 4.57 Å². The molecule has 0 aliphatic carbocycles. The van der Waals surface area contributed by atoms with Gasteiger partial charge >= 0.3 is 0 Å². The number of fused-ring (bicyclic) bond motifs is 1. The number of nitrogens with zero attached hydrogens (tertiary/aromatic N) is 2. The minimum atomic E-state index is -0.230. The molecule has 0 aliphatic rings. The van der Waals surface area contributed by atoms with Gasteiger partial charge in [-0.05, 0) is 41.3 Å². The molecule has 92 valence electrons. The quantitative estimate of drug-likeness (QED) is 0.681. The van der Waals surface area contributed by atoms with Crippen LogP contribution >= 0.6 is 0 Å². The van der Waals surface area contributed by atoms with Crippen molar-refractivity contribution >= 4 is 10.9 Å². The molecule has 0 fully saturated rings. The molecule has 2 aromatic carbocycles. The summed E-state index contributed by atoms with van der Waals surface area (Å²) in [5, 5.41) is 10.0. The lowest BCUT2D eigenvalue weighted by Crippen LogP contribution is -1.98. The summed E-state index contributed by atoms with van der Waals surface area (Å²) < 4.78 is 15.2. The van der Waals surface area contributed by atoms with E-state index in [1.807, 2.05) is 35.0 Å². The van der Waals surface area contributed by atoms with Gasteiger partial charge in [-0.25, -0.2) is 4.39 Å². The van der Waals surface area contributed by atoms with Crippen LogP contribution in [0, 0.1) is 17.1 Å². The Balaban J connectivity index is 2.03. The summed E-state index contributed by atoms with van der Waals surface area (Å²) in [6.07, 6.45) is 1.96. The van der Waals surface area contributed by atoms with Crippen LogP contribution in [0.1, 0.15) is 11.1 Å². The fourth-order valence-electron chi connectivity index (χ4n) is 2.22. The number of halogens is 1. The highest BCUT2D eigenvalue weighted by molar-refractivity contribution is 5.81. The monoisotopic (exact) mass is 250 g/mol. The summed E-state index contributed by atoms with van der Waals surface area (Å²) in [5.74, 6) is -0.230.